The Kier molecular flexibility index (Phi) is 7.00. The van der Waals surface area contributed by atoms with Crippen molar-refractivity contribution < 1.29 is 14.5 Å². The number of carbonyl (C=O) groups is 2. The molecule has 0 aliphatic rings. The summed E-state index contributed by atoms with van der Waals surface area (Å²) in [7, 11) is 1.89. The van der Waals surface area contributed by atoms with Gasteiger partial charge in [0.2, 0.25) is 5.78 Å². The molecule has 2 N–H and O–H groups in total. The molecular formula is C21H32N3O2S+. The fourth-order valence-electron chi connectivity index (χ4n) is 3.27. The number of nitrogens with zero attached hydrogens (tertiary/aromatic N) is 1. The van der Waals surface area contributed by atoms with E-state index >= 15 is 0 Å². The average molecular weight is 391 g/mol. The Balaban J connectivity index is 1.97. The van der Waals surface area contributed by atoms with Crippen molar-refractivity contribution in [3.63, 3.8) is 0 Å². The standard InChI is InChI=1S/C21H31N3O2S/c1-15-12-18(16(2)24(15)10-9-17-8-7-11-27-17)19(25)13-23(6)14-20(26)22-21(3,4)5/h7-8,11-12H,9-10,13-14H2,1-6H3,(H,22,26)/p+1. The maximum absolute atomic E-state index is 12.8. The summed E-state index contributed by atoms with van der Waals surface area (Å²) in [6, 6.07) is 6.19. The van der Waals surface area contributed by atoms with Gasteiger partial charge in [0.25, 0.3) is 5.91 Å². The van der Waals surface area contributed by atoms with Crippen molar-refractivity contribution in [3.05, 3.63) is 45.4 Å². The molecule has 5 nitrogen and oxygen atoms in total. The molecule has 0 bridgehead atoms. The summed E-state index contributed by atoms with van der Waals surface area (Å²) in [5.74, 6) is 0.0563. The van der Waals surface area contributed by atoms with Gasteiger partial charge in [0.1, 0.15) is 6.54 Å². The van der Waals surface area contributed by atoms with E-state index in [1.54, 1.807) is 11.3 Å². The van der Waals surface area contributed by atoms with Gasteiger partial charge < -0.3 is 14.8 Å². The summed E-state index contributed by atoms with van der Waals surface area (Å²) in [5, 5.41) is 5.03. The number of likely N-dealkylation sites (N-methyl/N-ethyl adjacent to an activating group) is 1. The monoisotopic (exact) mass is 390 g/mol. The molecule has 1 amide bonds. The molecule has 0 aromatic carbocycles. The molecule has 0 aliphatic carbocycles. The Bertz CT molecular complexity index is 785. The molecule has 2 heterocycles. The molecule has 148 valence electrons. The summed E-state index contributed by atoms with van der Waals surface area (Å²) in [6.07, 6.45) is 0.972. The van der Waals surface area contributed by atoms with E-state index in [1.165, 1.54) is 4.88 Å². The zero-order valence-electron chi connectivity index (χ0n) is 17.3. The molecule has 6 heteroatoms. The van der Waals surface area contributed by atoms with Crippen molar-refractivity contribution in [2.24, 2.45) is 0 Å². The molecule has 0 saturated carbocycles. The highest BCUT2D eigenvalue weighted by atomic mass is 32.1. The maximum atomic E-state index is 12.8. The predicted molar refractivity (Wildman–Crippen MR) is 111 cm³/mol. The van der Waals surface area contributed by atoms with Crippen LogP contribution in [0.4, 0.5) is 0 Å². The van der Waals surface area contributed by atoms with Crippen LogP contribution in [0, 0.1) is 13.8 Å². The lowest BCUT2D eigenvalue weighted by Crippen LogP contribution is -3.11. The molecule has 2 aromatic rings. The van der Waals surface area contributed by atoms with Crippen molar-refractivity contribution in [2.75, 3.05) is 20.1 Å². The molecule has 1 unspecified atom stereocenters. The Hall–Kier alpha value is -1.92. The first-order valence-electron chi connectivity index (χ1n) is 9.41. The summed E-state index contributed by atoms with van der Waals surface area (Å²) in [5.41, 5.74) is 2.64. The molecular weight excluding hydrogens is 358 g/mol. The van der Waals surface area contributed by atoms with Gasteiger partial charge in [0, 0.05) is 33.9 Å². The molecule has 0 radical (unpaired) electrons. The van der Waals surface area contributed by atoms with Crippen LogP contribution in [0.1, 0.15) is 47.4 Å². The number of aryl methyl sites for hydroxylation is 2. The normalized spacial score (nSPS) is 12.8. The van der Waals surface area contributed by atoms with Crippen molar-refractivity contribution in [1.82, 2.24) is 9.88 Å². The van der Waals surface area contributed by atoms with Gasteiger partial charge in [-0.25, -0.2) is 0 Å². The van der Waals surface area contributed by atoms with Crippen molar-refractivity contribution in [1.29, 1.82) is 0 Å². The molecule has 27 heavy (non-hydrogen) atoms. The van der Waals surface area contributed by atoms with E-state index in [0.717, 1.165) is 34.8 Å². The highest BCUT2D eigenvalue weighted by Gasteiger charge is 2.22. The van der Waals surface area contributed by atoms with E-state index in [9.17, 15) is 9.59 Å². The van der Waals surface area contributed by atoms with E-state index in [-0.39, 0.29) is 17.2 Å². The second kappa shape index (κ2) is 8.85. The van der Waals surface area contributed by atoms with Crippen LogP contribution in [0.25, 0.3) is 0 Å². The second-order valence-corrected chi connectivity index (χ2v) is 9.33. The minimum Gasteiger partial charge on any atom is -0.348 e. The number of thiophene rings is 1. The second-order valence-electron chi connectivity index (χ2n) is 8.30. The van der Waals surface area contributed by atoms with Gasteiger partial charge in [-0.2, -0.15) is 0 Å². The van der Waals surface area contributed by atoms with Crippen LogP contribution in [-0.4, -0.2) is 41.9 Å². The fraction of sp³-hybridized carbons (Fsp3) is 0.524. The van der Waals surface area contributed by atoms with Gasteiger partial charge in [-0.3, -0.25) is 9.59 Å². The average Bonchev–Trinajstić information content (AvgIpc) is 3.12. The van der Waals surface area contributed by atoms with E-state index in [0.29, 0.717) is 13.1 Å². The third-order valence-electron chi connectivity index (χ3n) is 4.48. The third-order valence-corrected chi connectivity index (χ3v) is 5.41. The first-order valence-corrected chi connectivity index (χ1v) is 10.3. The minimum atomic E-state index is -0.255. The zero-order chi connectivity index (χ0) is 20.2. The van der Waals surface area contributed by atoms with Crippen LogP contribution < -0.4 is 10.2 Å². The molecule has 1 atom stereocenters. The number of amides is 1. The van der Waals surface area contributed by atoms with Crippen LogP contribution in [0.2, 0.25) is 0 Å². The first kappa shape index (κ1) is 21.4. The fourth-order valence-corrected chi connectivity index (χ4v) is 3.97. The summed E-state index contributed by atoms with van der Waals surface area (Å²) < 4.78 is 2.22. The molecule has 0 fully saturated rings. The zero-order valence-corrected chi connectivity index (χ0v) is 18.1. The largest absolute Gasteiger partial charge is 0.348 e. The number of hydrogen-bond acceptors (Lipinski definition) is 3. The minimum absolute atomic E-state index is 0.0331. The smallest absolute Gasteiger partial charge is 0.275 e. The van der Waals surface area contributed by atoms with Gasteiger partial charge in [-0.05, 0) is 58.6 Å². The van der Waals surface area contributed by atoms with Crippen LogP contribution in [0.3, 0.4) is 0 Å². The van der Waals surface area contributed by atoms with Gasteiger partial charge in [0.15, 0.2) is 6.54 Å². The lowest BCUT2D eigenvalue weighted by atomic mass is 10.1. The quantitative estimate of drug-likeness (QED) is 0.678. The van der Waals surface area contributed by atoms with Crippen LogP contribution in [0.5, 0.6) is 0 Å². The van der Waals surface area contributed by atoms with Crippen LogP contribution in [-0.2, 0) is 17.8 Å². The molecule has 0 spiro atoms. The van der Waals surface area contributed by atoms with E-state index in [1.807, 2.05) is 47.7 Å². The molecule has 0 saturated heterocycles. The number of carbonyl (C=O) groups excluding carboxylic acids is 2. The summed E-state index contributed by atoms with van der Waals surface area (Å²) >= 11 is 1.76. The van der Waals surface area contributed by atoms with Crippen molar-refractivity contribution in [2.45, 2.75) is 53.1 Å². The highest BCUT2D eigenvalue weighted by Crippen LogP contribution is 2.17. The van der Waals surface area contributed by atoms with E-state index < -0.39 is 0 Å². The maximum Gasteiger partial charge on any atom is 0.275 e. The number of rotatable bonds is 8. The number of hydrogen-bond donors (Lipinski definition) is 2. The number of quaternary nitrogens is 1. The lowest BCUT2D eigenvalue weighted by Gasteiger charge is -2.21. The van der Waals surface area contributed by atoms with Crippen molar-refractivity contribution in [3.8, 4) is 0 Å². The topological polar surface area (TPSA) is 55.5 Å². The Morgan fingerprint density at radius 1 is 1.22 bits per heavy atom. The molecule has 2 aromatic heterocycles. The Morgan fingerprint density at radius 3 is 2.52 bits per heavy atom. The van der Waals surface area contributed by atoms with Crippen LogP contribution in [0.15, 0.2) is 23.6 Å². The number of aromatic nitrogens is 1. The Morgan fingerprint density at radius 2 is 1.93 bits per heavy atom. The predicted octanol–water partition coefficient (Wildman–Crippen LogP) is 2.02. The summed E-state index contributed by atoms with van der Waals surface area (Å²) in [4.78, 5) is 27.1. The number of Topliss-reactive ketones (excluding diaryl/α,β-unsaturated/α-hetero) is 1. The number of nitrogens with one attached hydrogen (secondary N) is 2. The van der Waals surface area contributed by atoms with E-state index in [4.69, 9.17) is 0 Å². The molecule has 2 rings (SSSR count). The first-order chi connectivity index (χ1) is 12.6. The third kappa shape index (κ3) is 6.33. The van der Waals surface area contributed by atoms with Gasteiger partial charge >= 0.3 is 0 Å². The molecule has 0 aliphatic heterocycles. The van der Waals surface area contributed by atoms with Gasteiger partial charge in [-0.15, -0.1) is 11.3 Å². The summed E-state index contributed by atoms with van der Waals surface area (Å²) in [6.45, 7) is 11.4. The van der Waals surface area contributed by atoms with E-state index in [2.05, 4.69) is 27.4 Å². The SMILES string of the molecule is Cc1cc(C(=O)C[NH+](C)CC(=O)NC(C)(C)C)c(C)n1CCc1cccs1. The van der Waals surface area contributed by atoms with Gasteiger partial charge in [0.05, 0.1) is 7.05 Å². The lowest BCUT2D eigenvalue weighted by molar-refractivity contribution is -0.862. The van der Waals surface area contributed by atoms with Crippen LogP contribution >= 0.6 is 11.3 Å². The number of ketones is 1. The Labute approximate surface area is 166 Å². The van der Waals surface area contributed by atoms with Gasteiger partial charge in [-0.1, -0.05) is 6.07 Å². The van der Waals surface area contributed by atoms with Crippen molar-refractivity contribution >= 4 is 23.0 Å². The highest BCUT2D eigenvalue weighted by molar-refractivity contribution is 7.09.